The second kappa shape index (κ2) is 11.3. The van der Waals surface area contributed by atoms with Gasteiger partial charge >= 0.3 is 0 Å². The first kappa shape index (κ1) is 25.3. The van der Waals surface area contributed by atoms with Gasteiger partial charge in [-0.2, -0.15) is 5.26 Å². The normalized spacial score (nSPS) is 16.6. The minimum atomic E-state index is -0.487. The van der Waals surface area contributed by atoms with E-state index in [-0.39, 0.29) is 11.5 Å². The molecule has 2 amide bonds. The molecule has 36 heavy (non-hydrogen) atoms. The number of hydrogen-bond donors (Lipinski definition) is 1. The lowest BCUT2D eigenvalue weighted by Crippen LogP contribution is -2.32. The molecule has 1 fully saturated rings. The van der Waals surface area contributed by atoms with Crippen LogP contribution in [0.15, 0.2) is 83.4 Å². The summed E-state index contributed by atoms with van der Waals surface area (Å²) in [6, 6.07) is 25.5. The van der Waals surface area contributed by atoms with Crippen LogP contribution in [-0.2, 0) is 29.0 Å². The summed E-state index contributed by atoms with van der Waals surface area (Å²) >= 11 is 1.29. The zero-order chi connectivity index (χ0) is 25.7. The van der Waals surface area contributed by atoms with Crippen LogP contribution in [0.1, 0.15) is 34.7 Å². The van der Waals surface area contributed by atoms with Gasteiger partial charge in [0.1, 0.15) is 16.7 Å². The van der Waals surface area contributed by atoms with E-state index in [2.05, 4.69) is 44.3 Å². The highest BCUT2D eigenvalue weighted by molar-refractivity contribution is 8.05. The Morgan fingerprint density at radius 2 is 1.67 bits per heavy atom. The first-order valence-electron chi connectivity index (χ1n) is 12.0. The lowest BCUT2D eigenvalue weighted by molar-refractivity contribution is -0.117. The molecule has 0 saturated carbocycles. The Bertz CT molecular complexity index is 1340. The third kappa shape index (κ3) is 5.53. The van der Waals surface area contributed by atoms with Crippen LogP contribution in [0.3, 0.4) is 0 Å². The van der Waals surface area contributed by atoms with Crippen molar-refractivity contribution in [3.63, 3.8) is 0 Å². The summed E-state index contributed by atoms with van der Waals surface area (Å²) in [4.78, 5) is 28.3. The second-order valence-electron chi connectivity index (χ2n) is 8.88. The van der Waals surface area contributed by atoms with Crippen molar-refractivity contribution in [3.05, 3.63) is 111 Å². The monoisotopic (exact) mass is 495 g/mol. The van der Waals surface area contributed by atoms with Crippen molar-refractivity contribution < 1.29 is 9.59 Å². The van der Waals surface area contributed by atoms with Crippen molar-refractivity contribution >= 4 is 29.3 Å². The number of thioether (sulfide) groups is 1. The molecule has 5 nitrogen and oxygen atoms in total. The van der Waals surface area contributed by atoms with Crippen LogP contribution in [0.2, 0.25) is 0 Å². The summed E-state index contributed by atoms with van der Waals surface area (Å²) < 4.78 is 0. The highest BCUT2D eigenvalue weighted by Gasteiger charge is 2.40. The molecule has 182 valence electrons. The Morgan fingerprint density at radius 1 is 0.972 bits per heavy atom. The van der Waals surface area contributed by atoms with Crippen molar-refractivity contribution in [2.75, 3.05) is 4.90 Å². The predicted octanol–water partition coefficient (Wildman–Crippen LogP) is 5.61. The fourth-order valence-electron chi connectivity index (χ4n) is 4.11. The number of aryl methyl sites for hydroxylation is 3. The van der Waals surface area contributed by atoms with E-state index in [0.717, 1.165) is 23.1 Å². The smallest absolute Gasteiger partial charge is 0.264 e. The molecule has 0 radical (unpaired) electrons. The average molecular weight is 496 g/mol. The molecular formula is C30H29N3O2S. The quantitative estimate of drug-likeness (QED) is 0.342. The molecule has 1 heterocycles. The van der Waals surface area contributed by atoms with Crippen LogP contribution in [0, 0.1) is 25.2 Å². The van der Waals surface area contributed by atoms with Crippen LogP contribution < -0.4 is 10.2 Å². The van der Waals surface area contributed by atoms with E-state index >= 15 is 0 Å². The summed E-state index contributed by atoms with van der Waals surface area (Å²) in [5.74, 6) is -0.611. The molecule has 1 unspecified atom stereocenters. The summed E-state index contributed by atoms with van der Waals surface area (Å²) in [5.41, 5.74) is 6.11. The summed E-state index contributed by atoms with van der Waals surface area (Å²) in [6.07, 6.45) is 1.40. The molecule has 0 aliphatic carbocycles. The van der Waals surface area contributed by atoms with Gasteiger partial charge in [0.2, 0.25) is 5.91 Å². The number of nitrogens with zero attached hydrogens (tertiary/aromatic N) is 2. The molecule has 1 aliphatic rings. The number of carbonyl (C=O) groups excluding carboxylic acids is 2. The average Bonchev–Trinajstić information content (AvgIpc) is 3.21. The Balaban J connectivity index is 1.68. The Kier molecular flexibility index (Phi) is 7.92. The van der Waals surface area contributed by atoms with E-state index in [1.807, 2.05) is 60.7 Å². The molecule has 1 atom stereocenters. The maximum atomic E-state index is 13.7. The van der Waals surface area contributed by atoms with Crippen molar-refractivity contribution in [1.29, 1.82) is 5.26 Å². The van der Waals surface area contributed by atoms with Gasteiger partial charge in [-0.15, -0.1) is 0 Å². The minimum absolute atomic E-state index is 0.0496. The van der Waals surface area contributed by atoms with E-state index in [1.54, 1.807) is 0 Å². The first-order valence-corrected chi connectivity index (χ1v) is 12.9. The topological polar surface area (TPSA) is 73.2 Å². The van der Waals surface area contributed by atoms with Gasteiger partial charge in [0.05, 0.1) is 5.25 Å². The first-order chi connectivity index (χ1) is 17.4. The molecule has 3 aromatic rings. The van der Waals surface area contributed by atoms with Gasteiger partial charge in [0, 0.05) is 12.2 Å². The number of nitriles is 1. The van der Waals surface area contributed by atoms with E-state index < -0.39 is 11.2 Å². The van der Waals surface area contributed by atoms with Gasteiger partial charge in [-0.3, -0.25) is 14.5 Å². The SMILES string of the molecule is CCc1ccc(N2C(=O)C(Cc3ccc(C)c(C)c3)S/C2=C(/C#N)C(=O)NCc2ccccc2)cc1. The van der Waals surface area contributed by atoms with Crippen molar-refractivity contribution in [2.24, 2.45) is 0 Å². The van der Waals surface area contributed by atoms with Gasteiger partial charge in [-0.1, -0.05) is 79.3 Å². The van der Waals surface area contributed by atoms with E-state index in [1.165, 1.54) is 27.8 Å². The summed E-state index contributed by atoms with van der Waals surface area (Å²) in [6.45, 7) is 6.49. The molecule has 1 N–H and O–H groups in total. The zero-order valence-electron chi connectivity index (χ0n) is 20.7. The second-order valence-corrected chi connectivity index (χ2v) is 10.1. The Hall–Kier alpha value is -3.82. The maximum Gasteiger partial charge on any atom is 0.264 e. The lowest BCUT2D eigenvalue weighted by atomic mass is 10.0. The third-order valence-corrected chi connectivity index (χ3v) is 7.66. The summed E-state index contributed by atoms with van der Waals surface area (Å²) in [7, 11) is 0. The highest BCUT2D eigenvalue weighted by Crippen LogP contribution is 2.42. The van der Waals surface area contributed by atoms with Gasteiger partial charge in [0.15, 0.2) is 0 Å². The molecule has 0 spiro atoms. The fraction of sp³-hybridized carbons (Fsp3) is 0.233. The standard InChI is InChI=1S/C30H29N3O2S/c1-4-22-12-14-25(15-13-22)33-29(35)27(17-24-11-10-20(2)21(3)16-24)36-30(33)26(18-31)28(34)32-19-23-8-6-5-7-9-23/h5-16,27H,4,17,19H2,1-3H3,(H,32,34)/b30-26-. The number of hydrogen-bond acceptors (Lipinski definition) is 4. The molecule has 0 aromatic heterocycles. The van der Waals surface area contributed by atoms with Crippen molar-refractivity contribution in [3.8, 4) is 6.07 Å². The van der Waals surface area contributed by atoms with Crippen LogP contribution in [0.25, 0.3) is 0 Å². The lowest BCUT2D eigenvalue weighted by Gasteiger charge is -2.19. The number of nitrogens with one attached hydrogen (secondary N) is 1. The molecular weight excluding hydrogens is 466 g/mol. The third-order valence-electron chi connectivity index (χ3n) is 6.40. The van der Waals surface area contributed by atoms with Crippen molar-refractivity contribution in [2.45, 2.75) is 45.4 Å². The number of amides is 2. The molecule has 1 aliphatic heterocycles. The Morgan fingerprint density at radius 3 is 2.31 bits per heavy atom. The molecule has 0 bridgehead atoms. The van der Waals surface area contributed by atoms with Gasteiger partial charge in [-0.25, -0.2) is 0 Å². The van der Waals surface area contributed by atoms with Crippen LogP contribution >= 0.6 is 11.8 Å². The fourth-order valence-corrected chi connectivity index (χ4v) is 5.42. The number of rotatable bonds is 7. The van der Waals surface area contributed by atoms with Gasteiger partial charge < -0.3 is 5.32 Å². The van der Waals surface area contributed by atoms with E-state index in [9.17, 15) is 14.9 Å². The van der Waals surface area contributed by atoms with E-state index in [0.29, 0.717) is 23.7 Å². The van der Waals surface area contributed by atoms with Crippen LogP contribution in [-0.4, -0.2) is 17.1 Å². The van der Waals surface area contributed by atoms with Gasteiger partial charge in [0.25, 0.3) is 5.91 Å². The van der Waals surface area contributed by atoms with E-state index in [4.69, 9.17) is 0 Å². The number of benzene rings is 3. The molecule has 3 aromatic carbocycles. The largest absolute Gasteiger partial charge is 0.347 e. The van der Waals surface area contributed by atoms with Crippen molar-refractivity contribution in [1.82, 2.24) is 5.32 Å². The maximum absolute atomic E-state index is 13.7. The predicted molar refractivity (Wildman–Crippen MR) is 145 cm³/mol. The minimum Gasteiger partial charge on any atom is -0.347 e. The van der Waals surface area contributed by atoms with Gasteiger partial charge in [-0.05, 0) is 66.6 Å². The zero-order valence-corrected chi connectivity index (χ0v) is 21.6. The molecule has 4 rings (SSSR count). The number of anilines is 1. The molecule has 1 saturated heterocycles. The van der Waals surface area contributed by atoms with Crippen LogP contribution in [0.5, 0.6) is 0 Å². The molecule has 6 heteroatoms. The number of carbonyl (C=O) groups is 2. The van der Waals surface area contributed by atoms with Crippen LogP contribution in [0.4, 0.5) is 5.69 Å². The Labute approximate surface area is 216 Å². The highest BCUT2D eigenvalue weighted by atomic mass is 32.2. The summed E-state index contributed by atoms with van der Waals surface area (Å²) in [5, 5.41) is 12.8.